The normalized spacial score (nSPS) is 16.5. The predicted molar refractivity (Wildman–Crippen MR) is 65.5 cm³/mol. The lowest BCUT2D eigenvalue weighted by molar-refractivity contribution is -0.0549. The zero-order valence-electron chi connectivity index (χ0n) is 11.2. The first-order chi connectivity index (χ1) is 7.20. The van der Waals surface area contributed by atoms with Gasteiger partial charge in [0.25, 0.3) is 0 Å². The van der Waals surface area contributed by atoms with Gasteiger partial charge >= 0.3 is 0 Å². The summed E-state index contributed by atoms with van der Waals surface area (Å²) in [7, 11) is 1.93. The lowest BCUT2D eigenvalue weighted by Crippen LogP contribution is -2.35. The Kier molecular flexibility index (Phi) is 7.15. The third-order valence-electron chi connectivity index (χ3n) is 2.16. The fourth-order valence-corrected chi connectivity index (χ4v) is 1.26. The maximum absolute atomic E-state index is 9.72. The van der Waals surface area contributed by atoms with E-state index in [1.165, 1.54) is 0 Å². The molecule has 0 bridgehead atoms. The maximum Gasteiger partial charge on any atom is 0.0900 e. The van der Waals surface area contributed by atoms with Gasteiger partial charge in [0, 0.05) is 13.1 Å². The quantitative estimate of drug-likeness (QED) is 0.685. The summed E-state index contributed by atoms with van der Waals surface area (Å²) in [6, 6.07) is 0. The van der Waals surface area contributed by atoms with Gasteiger partial charge in [-0.05, 0) is 41.2 Å². The van der Waals surface area contributed by atoms with Gasteiger partial charge in [0.1, 0.15) is 0 Å². The van der Waals surface area contributed by atoms with E-state index in [0.29, 0.717) is 13.2 Å². The molecule has 0 saturated heterocycles. The average Bonchev–Trinajstić information content (AvgIpc) is 2.10. The van der Waals surface area contributed by atoms with Crippen LogP contribution in [0.5, 0.6) is 0 Å². The van der Waals surface area contributed by atoms with Crippen LogP contribution in [0.25, 0.3) is 0 Å². The molecule has 16 heavy (non-hydrogen) atoms. The number of hydrogen-bond acceptors (Lipinski definition) is 4. The van der Waals surface area contributed by atoms with Gasteiger partial charge in [-0.25, -0.2) is 0 Å². The number of nitrogens with zero attached hydrogens (tertiary/aromatic N) is 1. The summed E-state index contributed by atoms with van der Waals surface area (Å²) >= 11 is 0. The Morgan fingerprint density at radius 2 is 1.81 bits per heavy atom. The molecule has 0 aliphatic carbocycles. The Morgan fingerprint density at radius 1 is 1.25 bits per heavy atom. The molecule has 0 aliphatic heterocycles. The first kappa shape index (κ1) is 15.8. The molecule has 2 unspecified atom stereocenters. The van der Waals surface area contributed by atoms with Crippen molar-refractivity contribution in [2.75, 3.05) is 26.7 Å². The number of rotatable bonds is 7. The van der Waals surface area contributed by atoms with Crippen molar-refractivity contribution in [3.05, 3.63) is 0 Å². The zero-order valence-corrected chi connectivity index (χ0v) is 11.2. The molecule has 0 spiro atoms. The van der Waals surface area contributed by atoms with Crippen molar-refractivity contribution in [2.24, 2.45) is 0 Å². The van der Waals surface area contributed by atoms with Crippen LogP contribution >= 0.6 is 0 Å². The Bertz CT molecular complexity index is 178. The Labute approximate surface area is 99.2 Å². The molecule has 4 nitrogen and oxygen atoms in total. The summed E-state index contributed by atoms with van der Waals surface area (Å²) in [6.07, 6.45) is -0.0350. The summed E-state index contributed by atoms with van der Waals surface area (Å²) in [6.45, 7) is 9.38. The van der Waals surface area contributed by atoms with Crippen LogP contribution in [-0.2, 0) is 4.74 Å². The van der Waals surface area contributed by atoms with Gasteiger partial charge in [0.2, 0.25) is 0 Å². The molecule has 0 rings (SSSR count). The van der Waals surface area contributed by atoms with E-state index in [1.807, 2.05) is 32.7 Å². The van der Waals surface area contributed by atoms with Crippen LogP contribution in [0.15, 0.2) is 0 Å². The third kappa shape index (κ3) is 10.4. The molecular formula is C12H27NO3. The highest BCUT2D eigenvalue weighted by molar-refractivity contribution is 4.65. The lowest BCUT2D eigenvalue weighted by atomic mass is 10.2. The monoisotopic (exact) mass is 233 g/mol. The van der Waals surface area contributed by atoms with Crippen molar-refractivity contribution in [3.8, 4) is 0 Å². The highest BCUT2D eigenvalue weighted by Crippen LogP contribution is 2.07. The average molecular weight is 233 g/mol. The minimum absolute atomic E-state index is 0.209. The molecule has 2 atom stereocenters. The molecule has 4 heteroatoms. The first-order valence-electron chi connectivity index (χ1n) is 5.89. The van der Waals surface area contributed by atoms with Gasteiger partial charge in [-0.2, -0.15) is 0 Å². The van der Waals surface area contributed by atoms with E-state index in [0.717, 1.165) is 13.0 Å². The molecule has 0 fully saturated rings. The van der Waals surface area contributed by atoms with Gasteiger partial charge in [-0.3, -0.25) is 0 Å². The summed E-state index contributed by atoms with van der Waals surface area (Å²) in [5.41, 5.74) is -0.209. The van der Waals surface area contributed by atoms with Crippen molar-refractivity contribution in [2.45, 2.75) is 51.9 Å². The minimum atomic E-state index is -0.474. The number of ether oxygens (including phenoxy) is 1. The van der Waals surface area contributed by atoms with Crippen molar-refractivity contribution < 1.29 is 14.9 Å². The molecule has 0 radical (unpaired) electrons. The van der Waals surface area contributed by atoms with E-state index < -0.39 is 6.10 Å². The second kappa shape index (κ2) is 7.22. The molecule has 0 aromatic carbocycles. The smallest absolute Gasteiger partial charge is 0.0900 e. The van der Waals surface area contributed by atoms with Gasteiger partial charge in [0.15, 0.2) is 0 Å². The second-order valence-corrected chi connectivity index (χ2v) is 5.48. The fourth-order valence-electron chi connectivity index (χ4n) is 1.26. The molecule has 2 N–H and O–H groups in total. The van der Waals surface area contributed by atoms with E-state index >= 15 is 0 Å². The van der Waals surface area contributed by atoms with Crippen LogP contribution in [0, 0.1) is 0 Å². The lowest BCUT2D eigenvalue weighted by Gasteiger charge is -2.25. The van der Waals surface area contributed by atoms with Crippen LogP contribution in [0.2, 0.25) is 0 Å². The largest absolute Gasteiger partial charge is 0.393 e. The molecule has 0 aromatic heterocycles. The molecule has 0 saturated carbocycles. The Morgan fingerprint density at radius 3 is 2.25 bits per heavy atom. The van der Waals surface area contributed by atoms with Crippen molar-refractivity contribution in [1.29, 1.82) is 0 Å². The summed E-state index contributed by atoms with van der Waals surface area (Å²) in [5, 5.41) is 18.9. The number of hydrogen-bond donors (Lipinski definition) is 2. The molecule has 98 valence electrons. The fraction of sp³-hybridized carbons (Fsp3) is 1.00. The maximum atomic E-state index is 9.72. The third-order valence-corrected chi connectivity index (χ3v) is 2.16. The number of likely N-dealkylation sites (N-methyl/N-ethyl adjacent to an activating group) is 1. The summed E-state index contributed by atoms with van der Waals surface area (Å²) in [5.74, 6) is 0. The van der Waals surface area contributed by atoms with Crippen LogP contribution in [0.3, 0.4) is 0 Å². The molecule has 0 aliphatic rings. The van der Waals surface area contributed by atoms with Gasteiger partial charge < -0.3 is 19.8 Å². The Hall–Kier alpha value is -0.160. The van der Waals surface area contributed by atoms with Gasteiger partial charge in [0.05, 0.1) is 24.4 Å². The van der Waals surface area contributed by atoms with Crippen molar-refractivity contribution in [3.63, 3.8) is 0 Å². The van der Waals surface area contributed by atoms with E-state index in [-0.39, 0.29) is 11.7 Å². The standard InChI is InChI=1S/C12H27NO3/c1-10(14)6-7-13(5)8-11(15)9-16-12(2,3)4/h10-11,14-15H,6-9H2,1-5H3. The highest BCUT2D eigenvalue weighted by Gasteiger charge is 2.15. The molecular weight excluding hydrogens is 206 g/mol. The van der Waals surface area contributed by atoms with Crippen LogP contribution in [-0.4, -0.2) is 59.7 Å². The Balaban J connectivity index is 3.66. The number of aliphatic hydroxyl groups is 2. The van der Waals surface area contributed by atoms with Crippen molar-refractivity contribution >= 4 is 0 Å². The summed E-state index contributed by atoms with van der Waals surface area (Å²) in [4.78, 5) is 2.00. The summed E-state index contributed by atoms with van der Waals surface area (Å²) < 4.78 is 5.49. The van der Waals surface area contributed by atoms with E-state index in [2.05, 4.69) is 0 Å². The number of aliphatic hydroxyl groups excluding tert-OH is 2. The van der Waals surface area contributed by atoms with E-state index in [1.54, 1.807) is 6.92 Å². The topological polar surface area (TPSA) is 52.9 Å². The van der Waals surface area contributed by atoms with E-state index in [4.69, 9.17) is 9.84 Å². The molecule has 0 amide bonds. The van der Waals surface area contributed by atoms with Crippen molar-refractivity contribution in [1.82, 2.24) is 4.90 Å². The predicted octanol–water partition coefficient (Wildman–Crippen LogP) is 0.865. The van der Waals surface area contributed by atoms with Gasteiger partial charge in [-0.1, -0.05) is 0 Å². The molecule has 0 aromatic rings. The van der Waals surface area contributed by atoms with Crippen LogP contribution in [0.1, 0.15) is 34.1 Å². The van der Waals surface area contributed by atoms with Gasteiger partial charge in [-0.15, -0.1) is 0 Å². The second-order valence-electron chi connectivity index (χ2n) is 5.48. The highest BCUT2D eigenvalue weighted by atomic mass is 16.5. The first-order valence-corrected chi connectivity index (χ1v) is 5.89. The molecule has 0 heterocycles. The SMILES string of the molecule is CC(O)CCN(C)CC(O)COC(C)(C)C. The minimum Gasteiger partial charge on any atom is -0.393 e. The van der Waals surface area contributed by atoms with E-state index in [9.17, 15) is 5.11 Å². The van der Waals surface area contributed by atoms with Crippen LogP contribution in [0.4, 0.5) is 0 Å². The zero-order chi connectivity index (χ0) is 12.8. The van der Waals surface area contributed by atoms with Crippen LogP contribution < -0.4 is 0 Å².